The predicted molar refractivity (Wildman–Crippen MR) is 84.0 cm³/mol. The van der Waals surface area contributed by atoms with Crippen molar-refractivity contribution in [3.8, 4) is 0 Å². The molecule has 1 N–H and O–H groups in total. The highest BCUT2D eigenvalue weighted by Gasteiger charge is 2.36. The molecule has 1 aromatic carbocycles. The van der Waals surface area contributed by atoms with Crippen molar-refractivity contribution in [2.75, 3.05) is 0 Å². The summed E-state index contributed by atoms with van der Waals surface area (Å²) in [5.41, 5.74) is 1.97. The van der Waals surface area contributed by atoms with E-state index in [1.165, 1.54) is 0 Å². The molecule has 0 fully saturated rings. The summed E-state index contributed by atoms with van der Waals surface area (Å²) < 4.78 is 6.21. The number of carboxylic acids is 1. The first-order valence-corrected chi connectivity index (χ1v) is 6.97. The van der Waals surface area contributed by atoms with Crippen molar-refractivity contribution in [2.24, 2.45) is 5.41 Å². The van der Waals surface area contributed by atoms with Crippen molar-refractivity contribution in [1.29, 1.82) is 0 Å². The normalized spacial score (nSPS) is 12.3. The Morgan fingerprint density at radius 1 is 1.20 bits per heavy atom. The average molecular weight is 276 g/mol. The van der Waals surface area contributed by atoms with Crippen molar-refractivity contribution in [3.63, 3.8) is 0 Å². The second-order valence-electron chi connectivity index (χ2n) is 6.90. The number of aryl methyl sites for hydroxylation is 1. The van der Waals surface area contributed by atoms with Crippen LogP contribution in [0.2, 0.25) is 6.82 Å². The van der Waals surface area contributed by atoms with Crippen LogP contribution in [0.5, 0.6) is 0 Å². The van der Waals surface area contributed by atoms with E-state index < -0.39 is 5.97 Å². The minimum atomic E-state index is -0.909. The third-order valence-corrected chi connectivity index (χ3v) is 4.24. The maximum atomic E-state index is 11.1. The molecular weight excluding hydrogens is 251 g/mol. The fourth-order valence-electron chi connectivity index (χ4n) is 1.89. The molecule has 4 heteroatoms. The second-order valence-corrected chi connectivity index (χ2v) is 6.90. The molecule has 1 aromatic rings. The van der Waals surface area contributed by atoms with Gasteiger partial charge in [0.2, 0.25) is 0 Å². The highest BCUT2D eigenvalue weighted by atomic mass is 16.5. The van der Waals surface area contributed by atoms with E-state index in [9.17, 15) is 4.79 Å². The Bertz CT molecular complexity index is 501. The summed E-state index contributed by atoms with van der Waals surface area (Å²) in [7, 11) is 0. The Balaban J connectivity index is 3.07. The summed E-state index contributed by atoms with van der Waals surface area (Å²) in [6.45, 7) is 14.4. The Hall–Kier alpha value is -1.29. The fraction of sp³-hybridized carbons (Fsp3) is 0.562. The van der Waals surface area contributed by atoms with Gasteiger partial charge in [-0.1, -0.05) is 45.3 Å². The molecule has 0 aliphatic rings. The van der Waals surface area contributed by atoms with Crippen molar-refractivity contribution in [1.82, 2.24) is 0 Å². The summed E-state index contributed by atoms with van der Waals surface area (Å²) in [5.74, 6) is -0.909. The van der Waals surface area contributed by atoms with E-state index in [-0.39, 0.29) is 17.9 Å². The van der Waals surface area contributed by atoms with Gasteiger partial charge in [0, 0.05) is 0 Å². The van der Waals surface area contributed by atoms with Crippen LogP contribution in [0.15, 0.2) is 18.2 Å². The molecule has 1 rings (SSSR count). The summed E-state index contributed by atoms with van der Waals surface area (Å²) in [6.07, 6.45) is 0. The van der Waals surface area contributed by atoms with E-state index in [2.05, 4.69) is 34.6 Å². The molecule has 0 atom stereocenters. The monoisotopic (exact) mass is 276 g/mol. The zero-order valence-corrected chi connectivity index (χ0v) is 13.6. The lowest BCUT2D eigenvalue weighted by atomic mass is 9.60. The standard InChI is InChI=1S/C16H25BO3/c1-11-8-9-12(14(18)19)10-13(11)17(7)20-16(5,6)15(2,3)4/h8-10H,1-7H3,(H,18,19). The quantitative estimate of drug-likeness (QED) is 0.858. The summed E-state index contributed by atoms with van der Waals surface area (Å²) >= 11 is 0. The van der Waals surface area contributed by atoms with Crippen LogP contribution in [0.1, 0.15) is 50.5 Å². The van der Waals surface area contributed by atoms with Gasteiger partial charge in [0.25, 0.3) is 0 Å². The van der Waals surface area contributed by atoms with Gasteiger partial charge in [0.1, 0.15) is 0 Å². The molecule has 0 unspecified atom stereocenters. The van der Waals surface area contributed by atoms with Gasteiger partial charge in [-0.25, -0.2) is 4.79 Å². The molecule has 0 aliphatic carbocycles. The molecule has 0 aliphatic heterocycles. The highest BCUT2D eigenvalue weighted by Crippen LogP contribution is 2.33. The zero-order valence-electron chi connectivity index (χ0n) is 13.6. The molecule has 20 heavy (non-hydrogen) atoms. The van der Waals surface area contributed by atoms with E-state index >= 15 is 0 Å². The Kier molecular flexibility index (Phi) is 4.70. The maximum Gasteiger partial charge on any atom is 0.335 e. The number of rotatable bonds is 4. The third-order valence-electron chi connectivity index (χ3n) is 4.24. The van der Waals surface area contributed by atoms with Gasteiger partial charge < -0.3 is 9.76 Å². The molecule has 0 saturated carbocycles. The molecular formula is C16H25BO3. The molecule has 110 valence electrons. The van der Waals surface area contributed by atoms with Crippen molar-refractivity contribution < 1.29 is 14.6 Å². The van der Waals surface area contributed by atoms with Crippen molar-refractivity contribution in [3.05, 3.63) is 29.3 Å². The van der Waals surface area contributed by atoms with Crippen LogP contribution in [-0.4, -0.2) is 23.6 Å². The second kappa shape index (κ2) is 5.61. The fourth-order valence-corrected chi connectivity index (χ4v) is 1.89. The SMILES string of the molecule is CB(OC(C)(C)C(C)(C)C)c1cc(C(=O)O)ccc1C. The molecule has 0 spiro atoms. The third kappa shape index (κ3) is 3.63. The number of hydrogen-bond acceptors (Lipinski definition) is 2. The van der Waals surface area contributed by atoms with Crippen LogP contribution in [0.4, 0.5) is 0 Å². The number of carboxylic acid groups (broad SMARTS) is 1. The van der Waals surface area contributed by atoms with Gasteiger partial charge in [0.05, 0.1) is 11.2 Å². The molecule has 0 aromatic heterocycles. The zero-order chi connectivity index (χ0) is 15.7. The topological polar surface area (TPSA) is 46.5 Å². The molecule has 0 heterocycles. The van der Waals surface area contributed by atoms with Gasteiger partial charge in [-0.05, 0) is 37.7 Å². The lowest BCUT2D eigenvalue weighted by Crippen LogP contribution is -2.47. The van der Waals surface area contributed by atoms with Gasteiger partial charge in [-0.3, -0.25) is 0 Å². The van der Waals surface area contributed by atoms with Gasteiger partial charge in [-0.15, -0.1) is 0 Å². The first-order valence-electron chi connectivity index (χ1n) is 6.97. The van der Waals surface area contributed by atoms with Gasteiger partial charge in [0.15, 0.2) is 0 Å². The minimum absolute atomic E-state index is 0.000424. The van der Waals surface area contributed by atoms with Crippen molar-refractivity contribution in [2.45, 2.75) is 54.0 Å². The molecule has 0 bridgehead atoms. The van der Waals surface area contributed by atoms with Crippen LogP contribution in [0.3, 0.4) is 0 Å². The largest absolute Gasteiger partial charge is 0.478 e. The number of aromatic carboxylic acids is 1. The Morgan fingerprint density at radius 2 is 1.75 bits per heavy atom. The van der Waals surface area contributed by atoms with Gasteiger partial charge in [-0.2, -0.15) is 0 Å². The molecule has 3 nitrogen and oxygen atoms in total. The van der Waals surface area contributed by atoms with Crippen LogP contribution >= 0.6 is 0 Å². The summed E-state index contributed by atoms with van der Waals surface area (Å²) in [4.78, 5) is 11.1. The van der Waals surface area contributed by atoms with Crippen LogP contribution in [0, 0.1) is 12.3 Å². The van der Waals surface area contributed by atoms with Crippen LogP contribution < -0.4 is 5.46 Å². The highest BCUT2D eigenvalue weighted by molar-refractivity contribution is 6.66. The Morgan fingerprint density at radius 3 is 2.20 bits per heavy atom. The number of hydrogen-bond donors (Lipinski definition) is 1. The maximum absolute atomic E-state index is 11.1. The predicted octanol–water partition coefficient (Wildman–Crippen LogP) is 3.36. The van der Waals surface area contributed by atoms with Gasteiger partial charge >= 0.3 is 12.9 Å². The van der Waals surface area contributed by atoms with E-state index in [1.807, 2.05) is 19.8 Å². The average Bonchev–Trinajstić information content (AvgIpc) is 2.26. The van der Waals surface area contributed by atoms with Crippen molar-refractivity contribution >= 4 is 18.3 Å². The smallest absolute Gasteiger partial charge is 0.335 e. The molecule has 0 radical (unpaired) electrons. The minimum Gasteiger partial charge on any atom is -0.478 e. The van der Waals surface area contributed by atoms with Crippen LogP contribution in [-0.2, 0) is 4.65 Å². The molecule has 0 saturated heterocycles. The summed E-state index contributed by atoms with van der Waals surface area (Å²) in [6, 6.07) is 5.17. The first-order chi connectivity index (χ1) is 8.95. The number of carbonyl (C=O) groups is 1. The van der Waals surface area contributed by atoms with E-state index in [1.54, 1.807) is 12.1 Å². The lowest BCUT2D eigenvalue weighted by molar-refractivity contribution is 0.000433. The van der Waals surface area contributed by atoms with E-state index in [0.29, 0.717) is 5.56 Å². The van der Waals surface area contributed by atoms with Crippen LogP contribution in [0.25, 0.3) is 0 Å². The Labute approximate surface area is 122 Å². The van der Waals surface area contributed by atoms with E-state index in [0.717, 1.165) is 11.0 Å². The first kappa shape index (κ1) is 16.8. The molecule has 0 amide bonds. The van der Waals surface area contributed by atoms with E-state index in [4.69, 9.17) is 9.76 Å². The number of benzene rings is 1. The lowest BCUT2D eigenvalue weighted by Gasteiger charge is -2.41. The summed E-state index contributed by atoms with van der Waals surface area (Å²) in [5, 5.41) is 9.10.